The first-order chi connectivity index (χ1) is 8.66. The molecule has 1 unspecified atom stereocenters. The standard InChI is InChI=1S/C15H26N2O/c1-3-7-15(8-5-4-6-14(15)18)13-17-11-9-16(2)10-12-17/h3H,1,4-13H2,2H3. The third-order valence-corrected chi connectivity index (χ3v) is 4.56. The van der Waals surface area contributed by atoms with E-state index in [1.807, 2.05) is 6.08 Å². The van der Waals surface area contributed by atoms with Gasteiger partial charge in [-0.3, -0.25) is 9.69 Å². The lowest BCUT2D eigenvalue weighted by Crippen LogP contribution is -2.51. The highest BCUT2D eigenvalue weighted by molar-refractivity contribution is 5.86. The van der Waals surface area contributed by atoms with Crippen molar-refractivity contribution >= 4 is 5.78 Å². The highest BCUT2D eigenvalue weighted by Crippen LogP contribution is 2.37. The largest absolute Gasteiger partial charge is 0.304 e. The summed E-state index contributed by atoms with van der Waals surface area (Å²) < 4.78 is 0. The van der Waals surface area contributed by atoms with Crippen LogP contribution in [0, 0.1) is 5.41 Å². The highest BCUT2D eigenvalue weighted by atomic mass is 16.1. The Labute approximate surface area is 111 Å². The summed E-state index contributed by atoms with van der Waals surface area (Å²) in [4.78, 5) is 17.2. The fourth-order valence-corrected chi connectivity index (χ4v) is 3.31. The summed E-state index contributed by atoms with van der Waals surface area (Å²) in [6, 6.07) is 0. The normalized spacial score (nSPS) is 31.5. The molecule has 0 aromatic rings. The summed E-state index contributed by atoms with van der Waals surface area (Å²) in [5.74, 6) is 0.479. The molecule has 0 aromatic heterocycles. The summed E-state index contributed by atoms with van der Waals surface area (Å²) in [5.41, 5.74) is -0.115. The summed E-state index contributed by atoms with van der Waals surface area (Å²) in [7, 11) is 2.17. The van der Waals surface area contributed by atoms with Crippen LogP contribution >= 0.6 is 0 Å². The molecule has 2 aliphatic rings. The zero-order chi connectivity index (χ0) is 13.0. The molecule has 2 fully saturated rings. The van der Waals surface area contributed by atoms with Crippen molar-refractivity contribution in [2.24, 2.45) is 5.41 Å². The quantitative estimate of drug-likeness (QED) is 0.712. The molecule has 1 aliphatic heterocycles. The van der Waals surface area contributed by atoms with Crippen LogP contribution in [0.1, 0.15) is 32.1 Å². The molecule has 3 heteroatoms. The zero-order valence-corrected chi connectivity index (χ0v) is 11.7. The van der Waals surface area contributed by atoms with E-state index in [0.717, 1.165) is 58.4 Å². The number of allylic oxidation sites excluding steroid dienone is 1. The van der Waals surface area contributed by atoms with Crippen molar-refractivity contribution in [2.45, 2.75) is 32.1 Å². The first-order valence-electron chi connectivity index (χ1n) is 7.21. The molecule has 1 saturated carbocycles. The molecule has 0 N–H and O–H groups in total. The van der Waals surface area contributed by atoms with Gasteiger partial charge in [0.25, 0.3) is 0 Å². The Bertz CT molecular complexity index is 308. The van der Waals surface area contributed by atoms with E-state index in [0.29, 0.717) is 5.78 Å². The van der Waals surface area contributed by atoms with E-state index < -0.39 is 0 Å². The minimum atomic E-state index is -0.115. The van der Waals surface area contributed by atoms with Gasteiger partial charge in [0.05, 0.1) is 0 Å². The van der Waals surface area contributed by atoms with Gasteiger partial charge >= 0.3 is 0 Å². The van der Waals surface area contributed by atoms with Crippen molar-refractivity contribution in [1.82, 2.24) is 9.80 Å². The van der Waals surface area contributed by atoms with E-state index in [-0.39, 0.29) is 5.41 Å². The Balaban J connectivity index is 2.01. The topological polar surface area (TPSA) is 23.6 Å². The van der Waals surface area contributed by atoms with Crippen LogP contribution in [-0.2, 0) is 4.79 Å². The van der Waals surface area contributed by atoms with Gasteiger partial charge in [0.1, 0.15) is 5.78 Å². The van der Waals surface area contributed by atoms with Crippen LogP contribution < -0.4 is 0 Å². The molecule has 0 bridgehead atoms. The van der Waals surface area contributed by atoms with Gasteiger partial charge in [-0.05, 0) is 26.3 Å². The molecule has 0 amide bonds. The summed E-state index contributed by atoms with van der Waals surface area (Å²) in [6.07, 6.45) is 6.93. The lowest BCUT2D eigenvalue weighted by atomic mass is 9.70. The second-order valence-electron chi connectivity index (χ2n) is 5.98. The van der Waals surface area contributed by atoms with E-state index in [4.69, 9.17) is 0 Å². The second kappa shape index (κ2) is 5.98. The Morgan fingerprint density at radius 1 is 1.28 bits per heavy atom. The van der Waals surface area contributed by atoms with Crippen LogP contribution in [0.2, 0.25) is 0 Å². The van der Waals surface area contributed by atoms with Crippen molar-refractivity contribution in [3.05, 3.63) is 12.7 Å². The monoisotopic (exact) mass is 250 g/mol. The van der Waals surface area contributed by atoms with Crippen molar-refractivity contribution in [1.29, 1.82) is 0 Å². The minimum Gasteiger partial charge on any atom is -0.304 e. The Morgan fingerprint density at radius 3 is 2.61 bits per heavy atom. The van der Waals surface area contributed by atoms with E-state index in [2.05, 4.69) is 23.4 Å². The van der Waals surface area contributed by atoms with Crippen LogP contribution in [0.15, 0.2) is 12.7 Å². The Morgan fingerprint density at radius 2 is 2.00 bits per heavy atom. The predicted molar refractivity (Wildman–Crippen MR) is 74.7 cm³/mol. The number of piperazine rings is 1. The van der Waals surface area contributed by atoms with Gasteiger partial charge in [-0.25, -0.2) is 0 Å². The average Bonchev–Trinajstić information content (AvgIpc) is 2.36. The Hall–Kier alpha value is -0.670. The number of nitrogens with zero attached hydrogens (tertiary/aromatic N) is 2. The maximum Gasteiger partial charge on any atom is 0.140 e. The number of carbonyl (C=O) groups excluding carboxylic acids is 1. The van der Waals surface area contributed by atoms with Crippen LogP contribution in [-0.4, -0.2) is 55.4 Å². The molecule has 1 heterocycles. The van der Waals surface area contributed by atoms with Gasteiger partial charge in [-0.15, -0.1) is 6.58 Å². The molecule has 0 aromatic carbocycles. The van der Waals surface area contributed by atoms with E-state index in [1.165, 1.54) is 6.42 Å². The lowest BCUT2D eigenvalue weighted by Gasteiger charge is -2.42. The fourth-order valence-electron chi connectivity index (χ4n) is 3.31. The van der Waals surface area contributed by atoms with Crippen LogP contribution in [0.25, 0.3) is 0 Å². The minimum absolute atomic E-state index is 0.115. The van der Waals surface area contributed by atoms with Crippen molar-refractivity contribution in [3.8, 4) is 0 Å². The highest BCUT2D eigenvalue weighted by Gasteiger charge is 2.40. The summed E-state index contributed by atoms with van der Waals surface area (Å²) in [6.45, 7) is 9.26. The number of hydrogen-bond donors (Lipinski definition) is 0. The number of hydrogen-bond acceptors (Lipinski definition) is 3. The van der Waals surface area contributed by atoms with Gasteiger partial charge in [0, 0.05) is 44.6 Å². The molecule has 18 heavy (non-hydrogen) atoms. The van der Waals surface area contributed by atoms with Gasteiger partial charge in [0.15, 0.2) is 0 Å². The molecule has 0 spiro atoms. The SMILES string of the molecule is C=CCC1(CN2CCN(C)CC2)CCCCC1=O. The Kier molecular flexibility index (Phi) is 4.57. The van der Waals surface area contributed by atoms with Crippen molar-refractivity contribution < 1.29 is 4.79 Å². The van der Waals surface area contributed by atoms with Crippen molar-refractivity contribution in [2.75, 3.05) is 39.8 Å². The van der Waals surface area contributed by atoms with E-state index in [9.17, 15) is 4.79 Å². The number of likely N-dealkylation sites (N-methyl/N-ethyl adjacent to an activating group) is 1. The maximum absolute atomic E-state index is 12.4. The van der Waals surface area contributed by atoms with Crippen LogP contribution in [0.5, 0.6) is 0 Å². The van der Waals surface area contributed by atoms with Gasteiger partial charge in [-0.2, -0.15) is 0 Å². The molecule has 1 aliphatic carbocycles. The number of rotatable bonds is 4. The van der Waals surface area contributed by atoms with Crippen LogP contribution in [0.4, 0.5) is 0 Å². The van der Waals surface area contributed by atoms with E-state index >= 15 is 0 Å². The molecular weight excluding hydrogens is 224 g/mol. The molecule has 2 rings (SSSR count). The first-order valence-corrected chi connectivity index (χ1v) is 7.21. The average molecular weight is 250 g/mol. The lowest BCUT2D eigenvalue weighted by molar-refractivity contribution is -0.132. The van der Waals surface area contributed by atoms with Crippen molar-refractivity contribution in [3.63, 3.8) is 0 Å². The first kappa shape index (κ1) is 13.8. The molecule has 0 radical (unpaired) electrons. The fraction of sp³-hybridized carbons (Fsp3) is 0.800. The molecule has 102 valence electrons. The number of Topliss-reactive ketones (excluding diaryl/α,β-unsaturated/α-hetero) is 1. The zero-order valence-electron chi connectivity index (χ0n) is 11.7. The van der Waals surface area contributed by atoms with Gasteiger partial charge in [0.2, 0.25) is 0 Å². The molecular formula is C15H26N2O. The van der Waals surface area contributed by atoms with Gasteiger partial charge in [-0.1, -0.05) is 12.5 Å². The number of ketones is 1. The summed E-state index contributed by atoms with van der Waals surface area (Å²) >= 11 is 0. The van der Waals surface area contributed by atoms with Gasteiger partial charge < -0.3 is 4.90 Å². The third kappa shape index (κ3) is 3.01. The number of carbonyl (C=O) groups is 1. The smallest absolute Gasteiger partial charge is 0.140 e. The second-order valence-corrected chi connectivity index (χ2v) is 5.98. The molecule has 1 saturated heterocycles. The van der Waals surface area contributed by atoms with Crippen LogP contribution in [0.3, 0.4) is 0 Å². The maximum atomic E-state index is 12.4. The third-order valence-electron chi connectivity index (χ3n) is 4.56. The van der Waals surface area contributed by atoms with E-state index in [1.54, 1.807) is 0 Å². The summed E-state index contributed by atoms with van der Waals surface area (Å²) in [5, 5.41) is 0. The molecule has 1 atom stereocenters. The molecule has 3 nitrogen and oxygen atoms in total. The predicted octanol–water partition coefficient (Wildman–Crippen LogP) is 1.94.